The van der Waals surface area contributed by atoms with E-state index in [1.54, 1.807) is 6.07 Å². The summed E-state index contributed by atoms with van der Waals surface area (Å²) < 4.78 is 19.8. The van der Waals surface area contributed by atoms with Crippen LogP contribution in [0.1, 0.15) is 12.8 Å². The summed E-state index contributed by atoms with van der Waals surface area (Å²) in [4.78, 5) is 15.0. The number of carboxylic acid groups (broad SMARTS) is 1. The van der Waals surface area contributed by atoms with Gasteiger partial charge in [-0.1, -0.05) is 54.2 Å². The second-order valence-electron chi connectivity index (χ2n) is 7.47. The van der Waals surface area contributed by atoms with E-state index in [1.807, 2.05) is 53.4 Å². The van der Waals surface area contributed by atoms with Crippen LogP contribution >= 0.6 is 11.8 Å². The molecule has 1 heterocycles. The largest absolute Gasteiger partial charge is 0.491 e. The first kappa shape index (κ1) is 21.4. The quantitative estimate of drug-likeness (QED) is 0.499. The Labute approximate surface area is 185 Å². The van der Waals surface area contributed by atoms with Gasteiger partial charge in [0.2, 0.25) is 0 Å². The summed E-state index contributed by atoms with van der Waals surface area (Å²) in [5, 5.41) is 9.35. The molecule has 1 saturated heterocycles. The molecule has 0 aromatic heterocycles. The number of halogens is 1. The van der Waals surface area contributed by atoms with Gasteiger partial charge in [0.1, 0.15) is 24.2 Å². The zero-order valence-corrected chi connectivity index (χ0v) is 17.9. The molecule has 0 amide bonds. The minimum absolute atomic E-state index is 0.277. The Kier molecular flexibility index (Phi) is 6.89. The van der Waals surface area contributed by atoms with Gasteiger partial charge in [0.25, 0.3) is 0 Å². The Morgan fingerprint density at radius 2 is 1.90 bits per heavy atom. The van der Waals surface area contributed by atoms with Crippen LogP contribution in [0.3, 0.4) is 0 Å². The average Bonchev–Trinajstić information content (AvgIpc) is 3.24. The fourth-order valence-electron chi connectivity index (χ4n) is 3.82. The van der Waals surface area contributed by atoms with Crippen molar-refractivity contribution in [3.05, 3.63) is 78.6 Å². The van der Waals surface area contributed by atoms with E-state index in [-0.39, 0.29) is 5.82 Å². The highest BCUT2D eigenvalue weighted by Gasteiger charge is 2.30. The van der Waals surface area contributed by atoms with Crippen molar-refractivity contribution in [3.8, 4) is 16.9 Å². The molecule has 31 heavy (non-hydrogen) atoms. The van der Waals surface area contributed by atoms with Gasteiger partial charge in [-0.3, -0.25) is 9.69 Å². The molecule has 0 bridgehead atoms. The van der Waals surface area contributed by atoms with Crippen molar-refractivity contribution in [2.75, 3.05) is 19.7 Å². The lowest BCUT2D eigenvalue weighted by Crippen LogP contribution is -2.38. The molecule has 6 heteroatoms. The molecule has 0 saturated carbocycles. The van der Waals surface area contributed by atoms with Crippen molar-refractivity contribution < 1.29 is 19.0 Å². The van der Waals surface area contributed by atoms with Crippen LogP contribution in [0, 0.1) is 5.82 Å². The van der Waals surface area contributed by atoms with E-state index in [2.05, 4.69) is 6.07 Å². The highest BCUT2D eigenvalue weighted by molar-refractivity contribution is 7.99. The summed E-state index contributed by atoms with van der Waals surface area (Å²) in [5.74, 6) is -0.340. The number of nitrogens with zero attached hydrogens (tertiary/aromatic N) is 1. The Morgan fingerprint density at radius 1 is 1.06 bits per heavy atom. The number of carbonyl (C=O) groups is 1. The summed E-state index contributed by atoms with van der Waals surface area (Å²) in [5.41, 5.74) is 2.15. The van der Waals surface area contributed by atoms with Gasteiger partial charge >= 0.3 is 5.97 Å². The molecule has 1 aliphatic rings. The molecular weight excluding hydrogens is 413 g/mol. The Bertz CT molecular complexity index is 1040. The summed E-state index contributed by atoms with van der Waals surface area (Å²) in [6.07, 6.45) is 1.57. The number of hydrogen-bond donors (Lipinski definition) is 1. The first-order chi connectivity index (χ1) is 15.1. The standard InChI is InChI=1S/C25H24FNO3S/c26-20-8-4-9-21(17-20)31-24-16-19(18-6-2-1-3-7-18)11-12-23(24)30-15-14-27-13-5-10-22(27)25(28)29/h1-4,6-9,11-12,16-17,22H,5,10,13-15H2,(H,28,29)/t22-/m0/s1. The van der Waals surface area contributed by atoms with Crippen molar-refractivity contribution >= 4 is 17.7 Å². The molecule has 160 valence electrons. The molecule has 0 radical (unpaired) electrons. The van der Waals surface area contributed by atoms with Gasteiger partial charge in [-0.05, 0) is 60.8 Å². The summed E-state index contributed by atoms with van der Waals surface area (Å²) in [6.45, 7) is 1.73. The van der Waals surface area contributed by atoms with Crippen molar-refractivity contribution in [1.29, 1.82) is 0 Å². The topological polar surface area (TPSA) is 49.8 Å². The van der Waals surface area contributed by atoms with E-state index in [4.69, 9.17) is 4.74 Å². The van der Waals surface area contributed by atoms with Gasteiger partial charge in [0.05, 0.1) is 4.90 Å². The maximum absolute atomic E-state index is 13.7. The smallest absolute Gasteiger partial charge is 0.320 e. The minimum atomic E-state index is -0.771. The van der Waals surface area contributed by atoms with Gasteiger partial charge in [-0.15, -0.1) is 0 Å². The molecule has 0 spiro atoms. The van der Waals surface area contributed by atoms with E-state index < -0.39 is 12.0 Å². The zero-order chi connectivity index (χ0) is 21.6. The number of ether oxygens (including phenoxy) is 1. The molecule has 1 N–H and O–H groups in total. The molecule has 1 aliphatic heterocycles. The predicted molar refractivity (Wildman–Crippen MR) is 120 cm³/mol. The van der Waals surface area contributed by atoms with Crippen LogP contribution in [0.4, 0.5) is 4.39 Å². The van der Waals surface area contributed by atoms with Crippen LogP contribution < -0.4 is 4.74 Å². The lowest BCUT2D eigenvalue weighted by atomic mass is 10.1. The molecule has 0 unspecified atom stereocenters. The Balaban J connectivity index is 1.53. The van der Waals surface area contributed by atoms with Gasteiger partial charge in [-0.25, -0.2) is 4.39 Å². The van der Waals surface area contributed by atoms with Crippen LogP contribution in [0.15, 0.2) is 82.6 Å². The second-order valence-corrected chi connectivity index (χ2v) is 8.58. The van der Waals surface area contributed by atoms with Crippen LogP contribution in [-0.4, -0.2) is 41.7 Å². The number of hydrogen-bond acceptors (Lipinski definition) is 4. The average molecular weight is 438 g/mol. The number of rotatable bonds is 8. The third kappa shape index (κ3) is 5.46. The Hall–Kier alpha value is -2.83. The molecule has 4 rings (SSSR count). The van der Waals surface area contributed by atoms with Crippen LogP contribution in [0.2, 0.25) is 0 Å². The molecule has 1 fully saturated rings. The monoisotopic (exact) mass is 437 g/mol. The van der Waals surface area contributed by atoms with E-state index in [0.717, 1.165) is 33.9 Å². The molecular formula is C25H24FNO3S. The van der Waals surface area contributed by atoms with Crippen molar-refractivity contribution in [2.45, 2.75) is 28.7 Å². The zero-order valence-electron chi connectivity index (χ0n) is 17.0. The number of carboxylic acids is 1. The predicted octanol–water partition coefficient (Wildman–Crippen LogP) is 5.57. The van der Waals surface area contributed by atoms with Crippen LogP contribution in [0.25, 0.3) is 11.1 Å². The van der Waals surface area contributed by atoms with E-state index >= 15 is 0 Å². The SMILES string of the molecule is O=C(O)[C@@H]1CCCN1CCOc1ccc(-c2ccccc2)cc1Sc1cccc(F)c1. The fourth-order valence-corrected chi connectivity index (χ4v) is 4.81. The first-order valence-electron chi connectivity index (χ1n) is 10.3. The van der Waals surface area contributed by atoms with Crippen molar-refractivity contribution in [2.24, 2.45) is 0 Å². The third-order valence-electron chi connectivity index (χ3n) is 5.36. The highest BCUT2D eigenvalue weighted by Crippen LogP contribution is 2.38. The third-order valence-corrected chi connectivity index (χ3v) is 6.39. The van der Waals surface area contributed by atoms with Crippen LogP contribution in [0.5, 0.6) is 5.75 Å². The van der Waals surface area contributed by atoms with Crippen molar-refractivity contribution in [1.82, 2.24) is 4.90 Å². The maximum Gasteiger partial charge on any atom is 0.320 e. The summed E-state index contributed by atoms with van der Waals surface area (Å²) >= 11 is 1.45. The van der Waals surface area contributed by atoms with Gasteiger partial charge in [0.15, 0.2) is 0 Å². The fraction of sp³-hybridized carbons (Fsp3) is 0.240. The molecule has 3 aromatic carbocycles. The lowest BCUT2D eigenvalue weighted by Gasteiger charge is -2.21. The van der Waals surface area contributed by atoms with E-state index in [0.29, 0.717) is 25.3 Å². The summed E-state index contributed by atoms with van der Waals surface area (Å²) in [7, 11) is 0. The summed E-state index contributed by atoms with van der Waals surface area (Å²) in [6, 6.07) is 22.1. The van der Waals surface area contributed by atoms with E-state index in [1.165, 1.54) is 23.9 Å². The maximum atomic E-state index is 13.7. The van der Waals surface area contributed by atoms with Crippen molar-refractivity contribution in [3.63, 3.8) is 0 Å². The molecule has 3 aromatic rings. The first-order valence-corrected chi connectivity index (χ1v) is 11.1. The number of benzene rings is 3. The Morgan fingerprint density at radius 3 is 2.68 bits per heavy atom. The van der Waals surface area contributed by atoms with E-state index in [9.17, 15) is 14.3 Å². The van der Waals surface area contributed by atoms with Gasteiger partial charge in [-0.2, -0.15) is 0 Å². The normalized spacial score (nSPS) is 16.4. The number of likely N-dealkylation sites (tertiary alicyclic amines) is 1. The minimum Gasteiger partial charge on any atom is -0.491 e. The van der Waals surface area contributed by atoms with Crippen LogP contribution in [-0.2, 0) is 4.79 Å². The highest BCUT2D eigenvalue weighted by atomic mass is 32.2. The molecule has 4 nitrogen and oxygen atoms in total. The van der Waals surface area contributed by atoms with Gasteiger partial charge < -0.3 is 9.84 Å². The lowest BCUT2D eigenvalue weighted by molar-refractivity contribution is -0.142. The number of aliphatic carboxylic acids is 1. The molecule has 1 atom stereocenters. The second kappa shape index (κ2) is 9.98. The molecule has 0 aliphatic carbocycles. The van der Waals surface area contributed by atoms with Gasteiger partial charge in [0, 0.05) is 11.4 Å².